The molecule has 0 aliphatic heterocycles. The standard InChI is InChI=1S/C23H31N.C11H16.C7H14.C4H10/c1-6-8-9-10-17(3)21-13-11-18(4)23(16-21)24-19(5)22-14-12-20(7-2)15-22;1-3-4-8-11-9-6-5-7-10(11)2;1-4-5-6-7(2)3;1-3-4-2/h11-14,16,24H,3,5-10,15H2,1-2,4H3;5-7,9H,3-4,8H2,1-2H3;2,4-6H2,1,3H3;3-4H2,1-2H3. The van der Waals surface area contributed by atoms with E-state index in [0.29, 0.717) is 0 Å². The van der Waals surface area contributed by atoms with Crippen LogP contribution in [0.5, 0.6) is 0 Å². The number of hydrogen-bond acceptors (Lipinski definition) is 1. The number of rotatable bonds is 16. The molecule has 0 amide bonds. The summed E-state index contributed by atoms with van der Waals surface area (Å²) in [4.78, 5) is 0. The average Bonchev–Trinajstić information content (AvgIpc) is 3.55. The van der Waals surface area contributed by atoms with Gasteiger partial charge in [-0.3, -0.25) is 0 Å². The van der Waals surface area contributed by atoms with Crippen LogP contribution in [0.4, 0.5) is 5.69 Å². The van der Waals surface area contributed by atoms with Gasteiger partial charge in [0, 0.05) is 11.4 Å². The highest BCUT2D eigenvalue weighted by Gasteiger charge is 2.11. The van der Waals surface area contributed by atoms with Gasteiger partial charge in [-0.2, -0.15) is 0 Å². The quantitative estimate of drug-likeness (QED) is 0.145. The summed E-state index contributed by atoms with van der Waals surface area (Å²) in [6.45, 7) is 31.9. The van der Waals surface area contributed by atoms with E-state index in [1.165, 1.54) is 115 Å². The lowest BCUT2D eigenvalue weighted by Gasteiger charge is -2.16. The summed E-state index contributed by atoms with van der Waals surface area (Å²) in [6, 6.07) is 15.2. The fraction of sp³-hybridized carbons (Fsp3) is 0.511. The molecule has 2 aromatic carbocycles. The number of allylic oxidation sites excluding steroid dienone is 6. The Morgan fingerprint density at radius 2 is 1.35 bits per heavy atom. The molecule has 256 valence electrons. The molecule has 0 heterocycles. The zero-order valence-electron chi connectivity index (χ0n) is 31.7. The van der Waals surface area contributed by atoms with E-state index in [0.717, 1.165) is 30.6 Å². The Kier molecular flexibility index (Phi) is 25.3. The lowest BCUT2D eigenvalue weighted by atomic mass is 9.99. The maximum Gasteiger partial charge on any atom is 0.0419 e. The first-order valence-corrected chi connectivity index (χ1v) is 18.4. The maximum atomic E-state index is 4.28. The molecule has 1 aliphatic carbocycles. The van der Waals surface area contributed by atoms with Gasteiger partial charge >= 0.3 is 0 Å². The summed E-state index contributed by atoms with van der Waals surface area (Å²) in [5, 5.41) is 3.52. The van der Waals surface area contributed by atoms with Gasteiger partial charge in [-0.05, 0) is 112 Å². The molecule has 0 bridgehead atoms. The second kappa shape index (κ2) is 27.1. The highest BCUT2D eigenvalue weighted by molar-refractivity contribution is 5.70. The van der Waals surface area contributed by atoms with Gasteiger partial charge in [0.15, 0.2) is 0 Å². The maximum absolute atomic E-state index is 4.28. The summed E-state index contributed by atoms with van der Waals surface area (Å²) in [5.74, 6) is 0. The Bertz CT molecular complexity index is 1200. The second-order valence-corrected chi connectivity index (χ2v) is 12.8. The SMILES string of the molecule is C=C(C)CCCC.C=C(Nc1cc(C(=C)CCCCC)ccc1C)C1=CC=C(CC)C1.CCCC.CCCCc1ccccc1C. The van der Waals surface area contributed by atoms with Crippen LogP contribution in [-0.2, 0) is 6.42 Å². The van der Waals surface area contributed by atoms with Gasteiger partial charge < -0.3 is 5.32 Å². The first-order valence-electron chi connectivity index (χ1n) is 18.4. The van der Waals surface area contributed by atoms with Crippen molar-refractivity contribution in [2.24, 2.45) is 0 Å². The molecule has 0 aromatic heterocycles. The molecule has 1 N–H and O–H groups in total. The summed E-state index contributed by atoms with van der Waals surface area (Å²) in [7, 11) is 0. The van der Waals surface area contributed by atoms with Crippen LogP contribution in [0.2, 0.25) is 0 Å². The highest BCUT2D eigenvalue weighted by Crippen LogP contribution is 2.30. The van der Waals surface area contributed by atoms with Crippen molar-refractivity contribution in [1.82, 2.24) is 0 Å². The fourth-order valence-electron chi connectivity index (χ4n) is 4.72. The minimum absolute atomic E-state index is 1.01. The molecule has 0 saturated carbocycles. The zero-order valence-corrected chi connectivity index (χ0v) is 31.7. The van der Waals surface area contributed by atoms with Crippen molar-refractivity contribution in [3.05, 3.63) is 119 Å². The Hall–Kier alpha value is -3.06. The van der Waals surface area contributed by atoms with Gasteiger partial charge in [0.25, 0.3) is 0 Å². The first-order chi connectivity index (χ1) is 22.1. The van der Waals surface area contributed by atoms with Crippen LogP contribution in [0.15, 0.2) is 96.8 Å². The summed E-state index contributed by atoms with van der Waals surface area (Å²) in [6.07, 6.45) is 21.6. The van der Waals surface area contributed by atoms with Crippen molar-refractivity contribution >= 4 is 11.3 Å². The van der Waals surface area contributed by atoms with E-state index in [1.54, 1.807) is 0 Å². The molecule has 2 aromatic rings. The molecule has 0 fully saturated rings. The van der Waals surface area contributed by atoms with Gasteiger partial charge in [0.1, 0.15) is 0 Å². The molecule has 0 unspecified atom stereocenters. The monoisotopic (exact) mass is 626 g/mol. The second-order valence-electron chi connectivity index (χ2n) is 12.8. The van der Waals surface area contributed by atoms with Crippen molar-refractivity contribution in [2.45, 2.75) is 152 Å². The number of unbranched alkanes of at least 4 members (excludes halogenated alkanes) is 5. The van der Waals surface area contributed by atoms with Crippen molar-refractivity contribution < 1.29 is 0 Å². The first kappa shape index (κ1) is 42.9. The van der Waals surface area contributed by atoms with E-state index >= 15 is 0 Å². The minimum atomic E-state index is 1.01. The molecule has 0 saturated heterocycles. The number of hydrogen-bond donors (Lipinski definition) is 1. The third kappa shape index (κ3) is 19.5. The Labute approximate surface area is 287 Å². The number of anilines is 1. The topological polar surface area (TPSA) is 12.0 Å². The van der Waals surface area contributed by atoms with Crippen LogP contribution in [0, 0.1) is 13.8 Å². The summed E-state index contributed by atoms with van der Waals surface area (Å²) < 4.78 is 0. The predicted molar refractivity (Wildman–Crippen MR) is 213 cm³/mol. The van der Waals surface area contributed by atoms with Gasteiger partial charge in [0.2, 0.25) is 0 Å². The van der Waals surface area contributed by atoms with E-state index in [-0.39, 0.29) is 0 Å². The third-order valence-electron chi connectivity index (χ3n) is 8.31. The van der Waals surface area contributed by atoms with Crippen LogP contribution in [0.1, 0.15) is 154 Å². The van der Waals surface area contributed by atoms with Crippen LogP contribution in [0.25, 0.3) is 5.57 Å². The van der Waals surface area contributed by atoms with E-state index in [9.17, 15) is 0 Å². The van der Waals surface area contributed by atoms with Crippen LogP contribution in [0.3, 0.4) is 0 Å². The minimum Gasteiger partial charge on any atom is -0.356 e. The zero-order chi connectivity index (χ0) is 34.7. The molecule has 46 heavy (non-hydrogen) atoms. The molecule has 0 spiro atoms. The molecule has 1 aliphatic rings. The van der Waals surface area contributed by atoms with Crippen molar-refractivity contribution in [1.29, 1.82) is 0 Å². The molecule has 0 radical (unpaired) electrons. The van der Waals surface area contributed by atoms with E-state index in [4.69, 9.17) is 0 Å². The normalized spacial score (nSPS) is 11.4. The highest BCUT2D eigenvalue weighted by atomic mass is 14.9. The Morgan fingerprint density at radius 1 is 0.696 bits per heavy atom. The molecule has 1 nitrogen and oxygen atoms in total. The van der Waals surface area contributed by atoms with Crippen LogP contribution < -0.4 is 5.32 Å². The van der Waals surface area contributed by atoms with Crippen molar-refractivity contribution in [3.8, 4) is 0 Å². The summed E-state index contributed by atoms with van der Waals surface area (Å²) >= 11 is 0. The largest absolute Gasteiger partial charge is 0.356 e. The third-order valence-corrected chi connectivity index (χ3v) is 8.31. The van der Waals surface area contributed by atoms with Crippen molar-refractivity contribution in [3.63, 3.8) is 0 Å². The molecular weight excluding hydrogens is 555 g/mol. The van der Waals surface area contributed by atoms with Gasteiger partial charge in [-0.25, -0.2) is 0 Å². The molecule has 3 rings (SSSR count). The van der Waals surface area contributed by atoms with Crippen molar-refractivity contribution in [2.75, 3.05) is 5.32 Å². The van der Waals surface area contributed by atoms with Gasteiger partial charge in [-0.15, -0.1) is 6.58 Å². The average molecular weight is 626 g/mol. The number of benzene rings is 2. The van der Waals surface area contributed by atoms with Gasteiger partial charge in [-0.1, -0.05) is 153 Å². The summed E-state index contributed by atoms with van der Waals surface area (Å²) in [5.41, 5.74) is 12.9. The Morgan fingerprint density at radius 3 is 1.87 bits per heavy atom. The van der Waals surface area contributed by atoms with Crippen LogP contribution >= 0.6 is 0 Å². The van der Waals surface area contributed by atoms with Gasteiger partial charge in [0.05, 0.1) is 0 Å². The fourth-order valence-corrected chi connectivity index (χ4v) is 4.72. The van der Waals surface area contributed by atoms with E-state index in [2.05, 4.69) is 142 Å². The number of aryl methyl sites for hydroxylation is 3. The van der Waals surface area contributed by atoms with E-state index < -0.39 is 0 Å². The van der Waals surface area contributed by atoms with E-state index in [1.807, 2.05) is 0 Å². The smallest absolute Gasteiger partial charge is 0.0419 e. The lowest BCUT2D eigenvalue weighted by Crippen LogP contribution is -2.03. The lowest BCUT2D eigenvalue weighted by molar-refractivity contribution is 0.736. The predicted octanol–water partition coefficient (Wildman–Crippen LogP) is 15.1. The van der Waals surface area contributed by atoms with Crippen LogP contribution in [-0.4, -0.2) is 0 Å². The number of nitrogens with one attached hydrogen (secondary N) is 1. The molecule has 0 atom stereocenters. The molecule has 1 heteroatoms. The molecular formula is C45H71N. The Balaban J connectivity index is 0.000000754.